The molecule has 1 aliphatic carbocycles. The Labute approximate surface area is 184 Å². The molecule has 0 aliphatic heterocycles. The van der Waals surface area contributed by atoms with Crippen LogP contribution in [0.5, 0.6) is 0 Å². The van der Waals surface area contributed by atoms with Gasteiger partial charge in [0, 0.05) is 6.42 Å². The highest BCUT2D eigenvalue weighted by molar-refractivity contribution is 7.18. The van der Waals surface area contributed by atoms with Crippen LogP contribution >= 0.6 is 11.3 Å². The van der Waals surface area contributed by atoms with E-state index in [2.05, 4.69) is 5.32 Å². The van der Waals surface area contributed by atoms with Crippen LogP contribution < -0.4 is 5.32 Å². The van der Waals surface area contributed by atoms with Gasteiger partial charge in [0.05, 0.1) is 38.3 Å². The monoisotopic (exact) mass is 433 g/mol. The minimum Gasteiger partial charge on any atom is -0.465 e. The van der Waals surface area contributed by atoms with Crippen LogP contribution in [0.2, 0.25) is 0 Å². The van der Waals surface area contributed by atoms with E-state index in [1.807, 2.05) is 30.3 Å². The van der Waals surface area contributed by atoms with Gasteiger partial charge < -0.3 is 10.1 Å². The average molecular weight is 434 g/mol. The zero-order valence-corrected chi connectivity index (χ0v) is 17.9. The molecule has 31 heavy (non-hydrogen) atoms. The standard InChI is InChI=1S/C24H23N3O3S/c25-16-17-7-1-2-8-18(17)26-21(28)11-14-30-23(29)24(12-5-6-13-24)15-22-27-19-9-3-4-10-20(19)31-22/h1-4,7-10H,5-6,11-15H2,(H,26,28). The summed E-state index contributed by atoms with van der Waals surface area (Å²) in [5.74, 6) is -0.531. The van der Waals surface area contributed by atoms with Gasteiger partial charge in [-0.15, -0.1) is 11.3 Å². The molecular formula is C24H23N3O3S. The van der Waals surface area contributed by atoms with Crippen LogP contribution in [0.1, 0.15) is 42.7 Å². The normalized spacial score (nSPS) is 14.8. The first-order valence-electron chi connectivity index (χ1n) is 10.4. The lowest BCUT2D eigenvalue weighted by Crippen LogP contribution is -2.33. The molecule has 0 atom stereocenters. The third-order valence-corrected chi connectivity index (χ3v) is 6.74. The van der Waals surface area contributed by atoms with Crippen LogP contribution in [-0.4, -0.2) is 23.5 Å². The van der Waals surface area contributed by atoms with Gasteiger partial charge in [-0.3, -0.25) is 9.59 Å². The highest BCUT2D eigenvalue weighted by atomic mass is 32.1. The number of nitrogens with one attached hydrogen (secondary N) is 1. The second-order valence-electron chi connectivity index (χ2n) is 7.83. The van der Waals surface area contributed by atoms with E-state index >= 15 is 0 Å². The van der Waals surface area contributed by atoms with Crippen LogP contribution in [0.15, 0.2) is 48.5 Å². The number of nitrogens with zero attached hydrogens (tertiary/aromatic N) is 2. The van der Waals surface area contributed by atoms with E-state index in [0.717, 1.165) is 40.9 Å². The molecule has 1 aromatic heterocycles. The van der Waals surface area contributed by atoms with Gasteiger partial charge in [-0.2, -0.15) is 5.26 Å². The van der Waals surface area contributed by atoms with Gasteiger partial charge >= 0.3 is 5.97 Å². The summed E-state index contributed by atoms with van der Waals surface area (Å²) in [6.45, 7) is 0.0149. The summed E-state index contributed by atoms with van der Waals surface area (Å²) in [6, 6.07) is 16.8. The Balaban J connectivity index is 1.35. The Bertz CT molecular complexity index is 1110. The highest BCUT2D eigenvalue weighted by Gasteiger charge is 2.43. The van der Waals surface area contributed by atoms with Gasteiger partial charge in [-0.1, -0.05) is 37.1 Å². The second-order valence-corrected chi connectivity index (χ2v) is 8.95. The predicted octanol–water partition coefficient (Wildman–Crippen LogP) is 4.84. The van der Waals surface area contributed by atoms with Crippen LogP contribution in [-0.2, 0) is 20.7 Å². The van der Waals surface area contributed by atoms with Crippen molar-refractivity contribution < 1.29 is 14.3 Å². The third-order valence-electron chi connectivity index (χ3n) is 5.71. The number of fused-ring (bicyclic) bond motifs is 1. The fourth-order valence-corrected chi connectivity index (χ4v) is 5.19. The maximum atomic E-state index is 13.0. The number of nitriles is 1. The van der Waals surface area contributed by atoms with Crippen LogP contribution in [0.4, 0.5) is 5.69 Å². The molecule has 0 spiro atoms. The lowest BCUT2D eigenvalue weighted by molar-refractivity contribution is -0.156. The largest absolute Gasteiger partial charge is 0.465 e. The Hall–Kier alpha value is -3.24. The number of benzene rings is 2. The number of anilines is 1. The molecule has 1 amide bonds. The molecule has 3 aromatic rings. The van der Waals surface area contributed by atoms with E-state index in [4.69, 9.17) is 15.0 Å². The topological polar surface area (TPSA) is 92.1 Å². The highest BCUT2D eigenvalue weighted by Crippen LogP contribution is 2.43. The fourth-order valence-electron chi connectivity index (χ4n) is 4.08. The number of carbonyl (C=O) groups excluding carboxylic acids is 2. The molecule has 0 saturated heterocycles. The number of rotatable bonds is 7. The first kappa shape index (κ1) is 21.0. The molecule has 158 valence electrons. The number of ether oxygens (including phenoxy) is 1. The average Bonchev–Trinajstić information content (AvgIpc) is 3.41. The number of aromatic nitrogens is 1. The molecule has 2 aromatic carbocycles. The van der Waals surface area contributed by atoms with Gasteiger partial charge in [0.15, 0.2) is 0 Å². The van der Waals surface area contributed by atoms with Gasteiger partial charge in [-0.25, -0.2) is 4.98 Å². The van der Waals surface area contributed by atoms with Crippen molar-refractivity contribution in [3.63, 3.8) is 0 Å². The van der Waals surface area contributed by atoms with Crippen molar-refractivity contribution in [1.29, 1.82) is 5.26 Å². The summed E-state index contributed by atoms with van der Waals surface area (Å²) in [5, 5.41) is 12.8. The lowest BCUT2D eigenvalue weighted by atomic mass is 9.83. The molecule has 1 saturated carbocycles. The van der Waals surface area contributed by atoms with Crippen molar-refractivity contribution in [2.75, 3.05) is 11.9 Å². The zero-order chi connectivity index (χ0) is 21.7. The zero-order valence-electron chi connectivity index (χ0n) is 17.1. The van der Waals surface area contributed by atoms with Crippen molar-refractivity contribution in [3.8, 4) is 6.07 Å². The molecular weight excluding hydrogens is 410 g/mol. The lowest BCUT2D eigenvalue weighted by Gasteiger charge is -2.25. The van der Waals surface area contributed by atoms with Crippen molar-refractivity contribution in [2.24, 2.45) is 5.41 Å². The van der Waals surface area contributed by atoms with E-state index in [1.54, 1.807) is 35.6 Å². The maximum absolute atomic E-state index is 13.0. The molecule has 0 radical (unpaired) electrons. The van der Waals surface area contributed by atoms with Crippen LogP contribution in [0.25, 0.3) is 10.2 Å². The number of hydrogen-bond donors (Lipinski definition) is 1. The first-order chi connectivity index (χ1) is 15.1. The smallest absolute Gasteiger partial charge is 0.312 e. The summed E-state index contributed by atoms with van der Waals surface area (Å²) in [7, 11) is 0. The second kappa shape index (κ2) is 9.27. The number of carbonyl (C=O) groups is 2. The Morgan fingerprint density at radius 1 is 1.13 bits per heavy atom. The van der Waals surface area contributed by atoms with Gasteiger partial charge in [0.25, 0.3) is 0 Å². The minimum absolute atomic E-state index is 0.0149. The molecule has 0 unspecified atom stereocenters. The molecule has 1 heterocycles. The molecule has 0 bridgehead atoms. The molecule has 1 fully saturated rings. The quantitative estimate of drug-likeness (QED) is 0.538. The van der Waals surface area contributed by atoms with E-state index in [1.165, 1.54) is 0 Å². The van der Waals surface area contributed by atoms with Crippen molar-refractivity contribution in [2.45, 2.75) is 38.5 Å². The minimum atomic E-state index is -0.558. The number of thiazole rings is 1. The fraction of sp³-hybridized carbons (Fsp3) is 0.333. The van der Waals surface area contributed by atoms with Gasteiger partial charge in [0.2, 0.25) is 5.91 Å². The van der Waals surface area contributed by atoms with Gasteiger partial charge in [0.1, 0.15) is 12.7 Å². The summed E-state index contributed by atoms with van der Waals surface area (Å²) in [5.41, 5.74) is 1.26. The number of hydrogen-bond acceptors (Lipinski definition) is 6. The summed E-state index contributed by atoms with van der Waals surface area (Å²) in [6.07, 6.45) is 4.17. The number of para-hydroxylation sites is 2. The van der Waals surface area contributed by atoms with E-state index < -0.39 is 5.41 Å². The Morgan fingerprint density at radius 3 is 2.65 bits per heavy atom. The molecule has 7 heteroatoms. The van der Waals surface area contributed by atoms with Crippen molar-refractivity contribution in [1.82, 2.24) is 4.98 Å². The van der Waals surface area contributed by atoms with Gasteiger partial charge in [-0.05, 0) is 37.1 Å². The maximum Gasteiger partial charge on any atom is 0.312 e. The molecule has 1 N–H and O–H groups in total. The third kappa shape index (κ3) is 4.75. The van der Waals surface area contributed by atoms with Crippen molar-refractivity contribution in [3.05, 3.63) is 59.1 Å². The SMILES string of the molecule is N#Cc1ccccc1NC(=O)CCOC(=O)C1(Cc2nc3ccccc3s2)CCCC1. The molecule has 1 aliphatic rings. The van der Waals surface area contributed by atoms with Crippen LogP contribution in [0.3, 0.4) is 0 Å². The molecule has 6 nitrogen and oxygen atoms in total. The van der Waals surface area contributed by atoms with E-state index in [-0.39, 0.29) is 24.9 Å². The predicted molar refractivity (Wildman–Crippen MR) is 120 cm³/mol. The summed E-state index contributed by atoms with van der Waals surface area (Å²) in [4.78, 5) is 29.9. The van der Waals surface area contributed by atoms with Crippen LogP contribution in [0, 0.1) is 16.7 Å². The summed E-state index contributed by atoms with van der Waals surface area (Å²) >= 11 is 1.62. The van der Waals surface area contributed by atoms with E-state index in [0.29, 0.717) is 17.7 Å². The summed E-state index contributed by atoms with van der Waals surface area (Å²) < 4.78 is 6.67. The Kier molecular flexibility index (Phi) is 6.28. The number of esters is 1. The number of amides is 1. The van der Waals surface area contributed by atoms with Crippen molar-refractivity contribution >= 4 is 39.1 Å². The Morgan fingerprint density at radius 2 is 1.87 bits per heavy atom. The molecule has 4 rings (SSSR count). The first-order valence-corrected chi connectivity index (χ1v) is 11.2. The van der Waals surface area contributed by atoms with E-state index in [9.17, 15) is 9.59 Å².